The first-order valence-electron chi connectivity index (χ1n) is 7.81. The summed E-state index contributed by atoms with van der Waals surface area (Å²) in [6.07, 6.45) is 4.06. The van der Waals surface area contributed by atoms with Gasteiger partial charge in [-0.2, -0.15) is 0 Å². The number of nitrogens with zero attached hydrogens (tertiary/aromatic N) is 3. The van der Waals surface area contributed by atoms with E-state index in [9.17, 15) is 0 Å². The predicted molar refractivity (Wildman–Crippen MR) is 86.9 cm³/mol. The van der Waals surface area contributed by atoms with Crippen LogP contribution in [-0.2, 0) is 11.3 Å². The first-order chi connectivity index (χ1) is 10.7. The van der Waals surface area contributed by atoms with Crippen LogP contribution in [0.4, 0.5) is 0 Å². The summed E-state index contributed by atoms with van der Waals surface area (Å²) in [6, 6.07) is 3.84. The molecule has 6 heteroatoms. The molecule has 2 N–H and O–H groups in total. The molecule has 0 aliphatic carbocycles. The number of methoxy groups -OCH3 is 1. The number of aromatic nitrogens is 1. The Morgan fingerprint density at radius 2 is 2.18 bits per heavy atom. The van der Waals surface area contributed by atoms with E-state index in [1.165, 1.54) is 12.8 Å². The molecule has 6 nitrogen and oxygen atoms in total. The van der Waals surface area contributed by atoms with Gasteiger partial charge < -0.3 is 20.1 Å². The number of hydrogen-bond acceptors (Lipinski definition) is 4. The highest BCUT2D eigenvalue weighted by Crippen LogP contribution is 2.17. The van der Waals surface area contributed by atoms with Crippen LogP contribution < -0.4 is 10.5 Å². The zero-order valence-corrected chi connectivity index (χ0v) is 13.5. The molecule has 22 heavy (non-hydrogen) atoms. The molecule has 0 bridgehead atoms. The van der Waals surface area contributed by atoms with Crippen LogP contribution in [0.2, 0.25) is 0 Å². The average molecular weight is 306 g/mol. The first kappa shape index (κ1) is 16.5. The topological polar surface area (TPSA) is 73.0 Å². The lowest BCUT2D eigenvalue weighted by Gasteiger charge is -2.31. The normalized spacial score (nSPS) is 16.8. The molecule has 1 aliphatic rings. The molecule has 1 fully saturated rings. The third-order valence-corrected chi connectivity index (χ3v) is 3.90. The average Bonchev–Trinajstić information content (AvgIpc) is 2.54. The number of nitrogens with two attached hydrogens (primary N) is 1. The highest BCUT2D eigenvalue weighted by molar-refractivity contribution is 5.78. The van der Waals surface area contributed by atoms with Crippen molar-refractivity contribution in [2.75, 3.05) is 33.4 Å². The molecule has 1 aromatic rings. The Morgan fingerprint density at radius 3 is 2.91 bits per heavy atom. The summed E-state index contributed by atoms with van der Waals surface area (Å²) in [7, 11) is 1.65. The van der Waals surface area contributed by atoms with Gasteiger partial charge in [0.15, 0.2) is 5.96 Å². The van der Waals surface area contributed by atoms with Crippen LogP contribution in [0.3, 0.4) is 0 Å². The minimum absolute atomic E-state index is 0.476. The van der Waals surface area contributed by atoms with Crippen LogP contribution in [-0.4, -0.2) is 49.3 Å². The van der Waals surface area contributed by atoms with Crippen molar-refractivity contribution in [3.8, 4) is 5.88 Å². The largest absolute Gasteiger partial charge is 0.475 e. The van der Waals surface area contributed by atoms with Crippen molar-refractivity contribution in [3.05, 3.63) is 23.9 Å². The number of likely N-dealkylation sites (tertiary alicyclic amines) is 1. The van der Waals surface area contributed by atoms with Gasteiger partial charge in [-0.05, 0) is 24.8 Å². The Morgan fingerprint density at radius 1 is 1.41 bits per heavy atom. The SMILES string of the molecule is COCCOc1ncccc1CN=C(N)N1CCC(C)CC1. The van der Waals surface area contributed by atoms with Gasteiger partial charge >= 0.3 is 0 Å². The number of rotatable bonds is 6. The molecule has 0 unspecified atom stereocenters. The van der Waals surface area contributed by atoms with Gasteiger partial charge in [-0.3, -0.25) is 0 Å². The molecular formula is C16H26N4O2. The van der Waals surface area contributed by atoms with E-state index >= 15 is 0 Å². The van der Waals surface area contributed by atoms with Crippen molar-refractivity contribution in [1.82, 2.24) is 9.88 Å². The second-order valence-corrected chi connectivity index (χ2v) is 5.65. The van der Waals surface area contributed by atoms with E-state index in [0.717, 1.165) is 24.6 Å². The molecule has 0 atom stereocenters. The highest BCUT2D eigenvalue weighted by atomic mass is 16.5. The summed E-state index contributed by atoms with van der Waals surface area (Å²) in [5, 5.41) is 0. The Balaban J connectivity index is 1.93. The van der Waals surface area contributed by atoms with Gasteiger partial charge in [0.2, 0.25) is 5.88 Å². The molecule has 2 heterocycles. The maximum absolute atomic E-state index is 6.11. The van der Waals surface area contributed by atoms with Gasteiger partial charge in [0.25, 0.3) is 0 Å². The van der Waals surface area contributed by atoms with Gasteiger partial charge in [0.1, 0.15) is 6.61 Å². The summed E-state index contributed by atoms with van der Waals surface area (Å²) >= 11 is 0. The fourth-order valence-corrected chi connectivity index (χ4v) is 2.40. The van der Waals surface area contributed by atoms with E-state index in [2.05, 4.69) is 21.8 Å². The number of aliphatic imine (C=N–C) groups is 1. The minimum Gasteiger partial charge on any atom is -0.475 e. The third kappa shape index (κ3) is 4.87. The van der Waals surface area contributed by atoms with Gasteiger partial charge in [-0.15, -0.1) is 0 Å². The Bertz CT molecular complexity index is 485. The summed E-state index contributed by atoms with van der Waals surface area (Å²) in [4.78, 5) is 10.9. The lowest BCUT2D eigenvalue weighted by molar-refractivity contribution is 0.143. The van der Waals surface area contributed by atoms with E-state index in [4.69, 9.17) is 15.2 Å². The molecule has 0 spiro atoms. The Kier molecular flexibility index (Phi) is 6.45. The second kappa shape index (κ2) is 8.58. The molecule has 0 radical (unpaired) electrons. The zero-order valence-electron chi connectivity index (χ0n) is 13.5. The van der Waals surface area contributed by atoms with Gasteiger partial charge in [-0.1, -0.05) is 13.0 Å². The van der Waals surface area contributed by atoms with Crippen molar-refractivity contribution < 1.29 is 9.47 Å². The van der Waals surface area contributed by atoms with Crippen molar-refractivity contribution >= 4 is 5.96 Å². The smallest absolute Gasteiger partial charge is 0.218 e. The minimum atomic E-state index is 0.476. The third-order valence-electron chi connectivity index (χ3n) is 3.90. The molecule has 2 rings (SSSR count). The Labute approximate surface area is 132 Å². The van der Waals surface area contributed by atoms with Crippen LogP contribution in [0.1, 0.15) is 25.3 Å². The van der Waals surface area contributed by atoms with Crippen molar-refractivity contribution in [3.63, 3.8) is 0 Å². The number of piperidine rings is 1. The van der Waals surface area contributed by atoms with E-state index in [1.807, 2.05) is 12.1 Å². The second-order valence-electron chi connectivity index (χ2n) is 5.65. The standard InChI is InChI=1S/C16H26N4O2/c1-13-5-8-20(9-6-13)16(17)19-12-14-4-3-7-18-15(14)22-11-10-21-2/h3-4,7,13H,5-6,8-12H2,1-2H3,(H2,17,19). The number of pyridine rings is 1. The first-order valence-corrected chi connectivity index (χ1v) is 7.81. The molecule has 122 valence electrons. The van der Waals surface area contributed by atoms with Crippen LogP contribution in [0, 0.1) is 5.92 Å². The monoisotopic (exact) mass is 306 g/mol. The van der Waals surface area contributed by atoms with Gasteiger partial charge in [0, 0.05) is 32.0 Å². The highest BCUT2D eigenvalue weighted by Gasteiger charge is 2.17. The van der Waals surface area contributed by atoms with Crippen molar-refractivity contribution in [2.45, 2.75) is 26.3 Å². The number of guanidine groups is 1. The number of ether oxygens (including phenoxy) is 2. The van der Waals surface area contributed by atoms with E-state index in [1.54, 1.807) is 13.3 Å². The lowest BCUT2D eigenvalue weighted by atomic mass is 10.00. The molecule has 1 saturated heterocycles. The zero-order chi connectivity index (χ0) is 15.8. The van der Waals surface area contributed by atoms with Crippen molar-refractivity contribution in [1.29, 1.82) is 0 Å². The molecule has 0 aromatic carbocycles. The summed E-state index contributed by atoms with van der Waals surface area (Å²) in [5.41, 5.74) is 7.05. The Hall–Kier alpha value is -1.82. The molecule has 1 aliphatic heterocycles. The molecule has 0 saturated carbocycles. The maximum atomic E-state index is 6.11. The fraction of sp³-hybridized carbons (Fsp3) is 0.625. The molecular weight excluding hydrogens is 280 g/mol. The van der Waals surface area contributed by atoms with Crippen molar-refractivity contribution in [2.24, 2.45) is 16.6 Å². The van der Waals surface area contributed by atoms with Gasteiger partial charge in [-0.25, -0.2) is 9.98 Å². The molecule has 0 amide bonds. The quantitative estimate of drug-likeness (QED) is 0.491. The van der Waals surface area contributed by atoms with Crippen LogP contribution in [0.5, 0.6) is 5.88 Å². The van der Waals surface area contributed by atoms with E-state index < -0.39 is 0 Å². The van der Waals surface area contributed by atoms with Crippen LogP contribution in [0.15, 0.2) is 23.3 Å². The molecule has 1 aromatic heterocycles. The van der Waals surface area contributed by atoms with E-state index in [0.29, 0.717) is 31.6 Å². The summed E-state index contributed by atoms with van der Waals surface area (Å²) in [6.45, 7) is 5.75. The fourth-order valence-electron chi connectivity index (χ4n) is 2.40. The van der Waals surface area contributed by atoms with Crippen LogP contribution in [0.25, 0.3) is 0 Å². The number of hydrogen-bond donors (Lipinski definition) is 1. The summed E-state index contributed by atoms with van der Waals surface area (Å²) < 4.78 is 10.6. The van der Waals surface area contributed by atoms with Crippen LogP contribution >= 0.6 is 0 Å². The lowest BCUT2D eigenvalue weighted by Crippen LogP contribution is -2.42. The maximum Gasteiger partial charge on any atom is 0.218 e. The van der Waals surface area contributed by atoms with E-state index in [-0.39, 0.29) is 0 Å². The summed E-state index contributed by atoms with van der Waals surface area (Å²) in [5.74, 6) is 1.99. The predicted octanol–water partition coefficient (Wildman–Crippen LogP) is 1.65. The van der Waals surface area contributed by atoms with Gasteiger partial charge in [0.05, 0.1) is 13.2 Å².